The van der Waals surface area contributed by atoms with Crippen molar-refractivity contribution in [1.82, 2.24) is 14.7 Å². The molecule has 2 amide bonds. The minimum atomic E-state index is -0.0375. The molecule has 29 heavy (non-hydrogen) atoms. The van der Waals surface area contributed by atoms with Crippen LogP contribution < -0.4 is 0 Å². The van der Waals surface area contributed by atoms with Gasteiger partial charge < -0.3 is 9.80 Å². The highest BCUT2D eigenvalue weighted by Gasteiger charge is 2.28. The lowest BCUT2D eigenvalue weighted by atomic mass is 9.92. The van der Waals surface area contributed by atoms with Gasteiger partial charge in [-0.1, -0.05) is 25.4 Å². The second kappa shape index (κ2) is 10.0. The molecule has 2 unspecified atom stereocenters. The molecule has 2 aliphatic heterocycles. The van der Waals surface area contributed by atoms with Gasteiger partial charge in [-0.25, -0.2) is 0 Å². The lowest BCUT2D eigenvalue weighted by Gasteiger charge is -2.38. The molecule has 0 N–H and O–H groups in total. The van der Waals surface area contributed by atoms with E-state index in [1.165, 1.54) is 17.8 Å². The molecule has 2 saturated heterocycles. The lowest BCUT2D eigenvalue weighted by molar-refractivity contribution is -0.136. The number of ketones is 1. The largest absolute Gasteiger partial charge is 0.341 e. The number of amides is 2. The summed E-state index contributed by atoms with van der Waals surface area (Å²) in [7, 11) is 0. The second-order valence-corrected chi connectivity index (χ2v) is 10.1. The topological polar surface area (TPSA) is 60.9 Å². The van der Waals surface area contributed by atoms with Gasteiger partial charge in [0.05, 0.1) is 15.8 Å². The van der Waals surface area contributed by atoms with E-state index in [4.69, 9.17) is 11.6 Å². The monoisotopic (exact) mass is 439 g/mol. The lowest BCUT2D eigenvalue weighted by Crippen LogP contribution is -2.53. The minimum Gasteiger partial charge on any atom is -0.341 e. The number of hydrogen-bond donors (Lipinski definition) is 0. The average Bonchev–Trinajstić information content (AvgIpc) is 3.12. The van der Waals surface area contributed by atoms with Crippen molar-refractivity contribution in [3.8, 4) is 0 Å². The third kappa shape index (κ3) is 6.27. The number of nitrogens with zero attached hydrogens (tertiary/aromatic N) is 3. The third-order valence-corrected chi connectivity index (χ3v) is 6.99. The Hall–Kier alpha value is -1.44. The van der Waals surface area contributed by atoms with E-state index < -0.39 is 0 Å². The van der Waals surface area contributed by atoms with Gasteiger partial charge in [0, 0.05) is 52.1 Å². The van der Waals surface area contributed by atoms with E-state index in [1.807, 2.05) is 4.90 Å². The number of piperidine rings is 1. The molecule has 0 bridgehead atoms. The summed E-state index contributed by atoms with van der Waals surface area (Å²) in [6.45, 7) is 9.16. The molecule has 0 radical (unpaired) electrons. The summed E-state index contributed by atoms with van der Waals surface area (Å²) in [6, 6.07) is 3.41. The first-order valence-corrected chi connectivity index (χ1v) is 11.6. The van der Waals surface area contributed by atoms with Crippen molar-refractivity contribution in [3.05, 3.63) is 21.3 Å². The van der Waals surface area contributed by atoms with Crippen LogP contribution in [0.4, 0.5) is 0 Å². The molecule has 1 aromatic heterocycles. The maximum Gasteiger partial charge on any atom is 0.236 e. The Labute approximate surface area is 181 Å². The van der Waals surface area contributed by atoms with Gasteiger partial charge >= 0.3 is 0 Å². The molecule has 160 valence electrons. The van der Waals surface area contributed by atoms with Crippen LogP contribution in [0.5, 0.6) is 0 Å². The molecule has 2 fully saturated rings. The van der Waals surface area contributed by atoms with E-state index in [0.29, 0.717) is 53.8 Å². The number of carbonyl (C=O) groups is 3. The molecular formula is C21H30ClN3O3S. The first-order chi connectivity index (χ1) is 13.8. The van der Waals surface area contributed by atoms with E-state index in [1.54, 1.807) is 17.0 Å². The number of carbonyl (C=O) groups excluding carboxylic acids is 3. The Morgan fingerprint density at radius 1 is 0.966 bits per heavy atom. The SMILES string of the molecule is CC1CC(C)CN(C(=O)CN2CCN(C(=O)CCC(=O)c3ccc(Cl)s3)CC2)C1. The van der Waals surface area contributed by atoms with Crippen molar-refractivity contribution in [2.45, 2.75) is 33.1 Å². The van der Waals surface area contributed by atoms with Crippen molar-refractivity contribution in [1.29, 1.82) is 0 Å². The zero-order chi connectivity index (χ0) is 21.0. The Morgan fingerprint density at radius 2 is 1.62 bits per heavy atom. The van der Waals surface area contributed by atoms with Crippen LogP contribution in [0.3, 0.4) is 0 Å². The van der Waals surface area contributed by atoms with Crippen LogP contribution in [0.25, 0.3) is 0 Å². The highest BCUT2D eigenvalue weighted by Crippen LogP contribution is 2.23. The van der Waals surface area contributed by atoms with E-state index in [9.17, 15) is 14.4 Å². The number of rotatable bonds is 6. The van der Waals surface area contributed by atoms with Crippen molar-refractivity contribution < 1.29 is 14.4 Å². The van der Waals surface area contributed by atoms with Gasteiger partial charge in [0.1, 0.15) is 0 Å². The van der Waals surface area contributed by atoms with Gasteiger partial charge in [0.25, 0.3) is 0 Å². The number of Topliss-reactive ketones (excluding diaryl/α,β-unsaturated/α-hetero) is 1. The highest BCUT2D eigenvalue weighted by molar-refractivity contribution is 7.18. The molecule has 3 heterocycles. The number of halogens is 1. The maximum absolute atomic E-state index is 12.6. The van der Waals surface area contributed by atoms with Crippen LogP contribution in [0.2, 0.25) is 4.34 Å². The first kappa shape index (κ1) is 22.2. The molecule has 0 saturated carbocycles. The molecule has 0 spiro atoms. The minimum absolute atomic E-state index is 0.00524. The number of likely N-dealkylation sites (tertiary alicyclic amines) is 1. The number of hydrogen-bond acceptors (Lipinski definition) is 5. The maximum atomic E-state index is 12.6. The molecule has 8 heteroatoms. The predicted molar refractivity (Wildman–Crippen MR) is 115 cm³/mol. The zero-order valence-electron chi connectivity index (χ0n) is 17.2. The summed E-state index contributed by atoms with van der Waals surface area (Å²) in [5.41, 5.74) is 0. The smallest absolute Gasteiger partial charge is 0.236 e. The van der Waals surface area contributed by atoms with Gasteiger partial charge in [0.2, 0.25) is 11.8 Å². The molecule has 0 aliphatic carbocycles. The summed E-state index contributed by atoms with van der Waals surface area (Å²) in [5.74, 6) is 1.29. The fraction of sp³-hybridized carbons (Fsp3) is 0.667. The normalized spacial score (nSPS) is 23.3. The quantitative estimate of drug-likeness (QED) is 0.639. The van der Waals surface area contributed by atoms with Gasteiger partial charge in [0.15, 0.2) is 5.78 Å². The summed E-state index contributed by atoms with van der Waals surface area (Å²) in [6.07, 6.45) is 1.61. The molecule has 3 rings (SSSR count). The standard InChI is InChI=1S/C21H30ClN3O3S/c1-15-11-16(2)13-25(12-15)21(28)14-23-7-9-24(10-8-23)20(27)6-3-17(26)18-4-5-19(22)29-18/h4-5,15-16H,3,6-14H2,1-2H3. The van der Waals surface area contributed by atoms with Crippen molar-refractivity contribution in [2.75, 3.05) is 45.8 Å². The van der Waals surface area contributed by atoms with E-state index in [-0.39, 0.29) is 30.4 Å². The van der Waals surface area contributed by atoms with E-state index >= 15 is 0 Å². The average molecular weight is 440 g/mol. The summed E-state index contributed by atoms with van der Waals surface area (Å²) in [5, 5.41) is 0. The van der Waals surface area contributed by atoms with Gasteiger partial charge in [-0.15, -0.1) is 11.3 Å². The number of thiophene rings is 1. The molecule has 2 aliphatic rings. The summed E-state index contributed by atoms with van der Waals surface area (Å²) >= 11 is 7.11. The number of piperazine rings is 1. The Kier molecular flexibility index (Phi) is 7.71. The van der Waals surface area contributed by atoms with Crippen LogP contribution in [0.15, 0.2) is 12.1 Å². The predicted octanol–water partition coefficient (Wildman–Crippen LogP) is 3.01. The molecule has 0 aromatic carbocycles. The van der Waals surface area contributed by atoms with E-state index in [0.717, 1.165) is 13.1 Å². The van der Waals surface area contributed by atoms with Crippen LogP contribution in [0, 0.1) is 11.8 Å². The molecule has 2 atom stereocenters. The Bertz CT molecular complexity index is 735. The highest BCUT2D eigenvalue weighted by atomic mass is 35.5. The van der Waals surface area contributed by atoms with Gasteiger partial charge in [-0.3, -0.25) is 19.3 Å². The fourth-order valence-electron chi connectivity index (χ4n) is 4.28. The second-order valence-electron chi connectivity index (χ2n) is 8.43. The first-order valence-electron chi connectivity index (χ1n) is 10.4. The third-order valence-electron chi connectivity index (χ3n) is 5.72. The molecular weight excluding hydrogens is 410 g/mol. The Morgan fingerprint density at radius 3 is 2.21 bits per heavy atom. The van der Waals surface area contributed by atoms with Crippen LogP contribution >= 0.6 is 22.9 Å². The Balaban J connectivity index is 1.39. The zero-order valence-corrected chi connectivity index (χ0v) is 18.8. The van der Waals surface area contributed by atoms with E-state index in [2.05, 4.69) is 18.7 Å². The molecule has 6 nitrogen and oxygen atoms in total. The van der Waals surface area contributed by atoms with Gasteiger partial charge in [-0.2, -0.15) is 0 Å². The van der Waals surface area contributed by atoms with Crippen LogP contribution in [0.1, 0.15) is 42.8 Å². The van der Waals surface area contributed by atoms with Gasteiger partial charge in [-0.05, 0) is 30.4 Å². The fourth-order valence-corrected chi connectivity index (χ4v) is 5.29. The molecule has 1 aromatic rings. The van der Waals surface area contributed by atoms with Crippen molar-refractivity contribution in [3.63, 3.8) is 0 Å². The van der Waals surface area contributed by atoms with Crippen molar-refractivity contribution in [2.24, 2.45) is 11.8 Å². The van der Waals surface area contributed by atoms with Crippen LogP contribution in [-0.4, -0.2) is 78.1 Å². The summed E-state index contributed by atoms with van der Waals surface area (Å²) < 4.78 is 0.582. The van der Waals surface area contributed by atoms with Crippen molar-refractivity contribution >= 4 is 40.5 Å². The summed E-state index contributed by atoms with van der Waals surface area (Å²) in [4.78, 5) is 43.8. The van der Waals surface area contributed by atoms with Crippen LogP contribution in [-0.2, 0) is 9.59 Å².